The van der Waals surface area contributed by atoms with Gasteiger partial charge in [0.1, 0.15) is 0 Å². The van der Waals surface area contributed by atoms with Crippen LogP contribution in [0.4, 0.5) is 18.9 Å². The van der Waals surface area contributed by atoms with Crippen molar-refractivity contribution in [3.63, 3.8) is 0 Å². The van der Waals surface area contributed by atoms with Crippen molar-refractivity contribution in [2.75, 3.05) is 11.1 Å². The Balaban J connectivity index is 2.23. The van der Waals surface area contributed by atoms with E-state index >= 15 is 0 Å². The topological polar surface area (TPSA) is 29.1 Å². The number of anilines is 1. The first-order chi connectivity index (χ1) is 10.4. The predicted octanol–water partition coefficient (Wildman–Crippen LogP) is 5.07. The van der Waals surface area contributed by atoms with Crippen LogP contribution in [0.25, 0.3) is 0 Å². The number of hydrogen-bond acceptors (Lipinski definition) is 2. The summed E-state index contributed by atoms with van der Waals surface area (Å²) in [5, 5.41) is 2.52. The van der Waals surface area contributed by atoms with Crippen LogP contribution in [-0.2, 0) is 6.18 Å². The van der Waals surface area contributed by atoms with Gasteiger partial charge in [-0.1, -0.05) is 25.1 Å². The summed E-state index contributed by atoms with van der Waals surface area (Å²) < 4.78 is 38.0. The van der Waals surface area contributed by atoms with Gasteiger partial charge in [-0.2, -0.15) is 13.2 Å². The predicted molar refractivity (Wildman–Crippen MR) is 82.2 cm³/mol. The molecule has 1 amide bonds. The minimum absolute atomic E-state index is 0.121. The van der Waals surface area contributed by atoms with Crippen LogP contribution in [0.1, 0.15) is 22.8 Å². The lowest BCUT2D eigenvalue weighted by molar-refractivity contribution is -0.137. The van der Waals surface area contributed by atoms with Gasteiger partial charge in [-0.15, -0.1) is 11.8 Å². The van der Waals surface area contributed by atoms with E-state index < -0.39 is 17.6 Å². The van der Waals surface area contributed by atoms with Gasteiger partial charge in [0.25, 0.3) is 5.91 Å². The van der Waals surface area contributed by atoms with E-state index in [1.807, 2.05) is 19.1 Å². The maximum Gasteiger partial charge on any atom is 0.416 e. The summed E-state index contributed by atoms with van der Waals surface area (Å²) in [7, 11) is 0. The number of alkyl halides is 3. The lowest BCUT2D eigenvalue weighted by Crippen LogP contribution is -2.14. The molecule has 0 fully saturated rings. The van der Waals surface area contributed by atoms with Gasteiger partial charge in [0.15, 0.2) is 0 Å². The normalized spacial score (nSPS) is 11.3. The van der Waals surface area contributed by atoms with Crippen LogP contribution in [-0.4, -0.2) is 11.7 Å². The molecule has 0 radical (unpaired) electrons. The quantitative estimate of drug-likeness (QED) is 0.795. The highest BCUT2D eigenvalue weighted by Gasteiger charge is 2.30. The van der Waals surface area contributed by atoms with Crippen LogP contribution < -0.4 is 5.32 Å². The third kappa shape index (κ3) is 4.04. The van der Waals surface area contributed by atoms with Gasteiger partial charge in [0.2, 0.25) is 0 Å². The molecule has 0 aliphatic rings. The van der Waals surface area contributed by atoms with E-state index in [-0.39, 0.29) is 5.69 Å². The van der Waals surface area contributed by atoms with Crippen LogP contribution in [0.2, 0.25) is 0 Å². The summed E-state index contributed by atoms with van der Waals surface area (Å²) >= 11 is 1.51. The Hall–Kier alpha value is -1.95. The van der Waals surface area contributed by atoms with Gasteiger partial charge >= 0.3 is 6.18 Å². The van der Waals surface area contributed by atoms with Crippen LogP contribution in [0.3, 0.4) is 0 Å². The molecule has 0 saturated carbocycles. The molecule has 2 rings (SSSR count). The van der Waals surface area contributed by atoms with Gasteiger partial charge in [0.05, 0.1) is 11.1 Å². The fourth-order valence-electron chi connectivity index (χ4n) is 1.91. The minimum Gasteiger partial charge on any atom is -0.322 e. The summed E-state index contributed by atoms with van der Waals surface area (Å²) in [4.78, 5) is 13.1. The van der Waals surface area contributed by atoms with Gasteiger partial charge in [0, 0.05) is 10.6 Å². The summed E-state index contributed by atoms with van der Waals surface area (Å²) in [6, 6.07) is 11.6. The van der Waals surface area contributed by atoms with E-state index in [9.17, 15) is 18.0 Å². The lowest BCUT2D eigenvalue weighted by Gasteiger charge is -2.11. The van der Waals surface area contributed by atoms with Crippen molar-refractivity contribution in [2.24, 2.45) is 0 Å². The Morgan fingerprint density at radius 3 is 2.55 bits per heavy atom. The average Bonchev–Trinajstić information content (AvgIpc) is 2.47. The summed E-state index contributed by atoms with van der Waals surface area (Å²) in [5.41, 5.74) is -0.218. The number of carbonyl (C=O) groups excluding carboxylic acids is 1. The van der Waals surface area contributed by atoms with Crippen molar-refractivity contribution in [3.05, 3.63) is 59.7 Å². The number of thioether (sulfide) groups is 1. The Morgan fingerprint density at radius 2 is 1.86 bits per heavy atom. The smallest absolute Gasteiger partial charge is 0.322 e. The molecule has 0 unspecified atom stereocenters. The Bertz CT molecular complexity index is 670. The fraction of sp³-hybridized carbons (Fsp3) is 0.188. The number of benzene rings is 2. The maximum atomic E-state index is 12.7. The molecular weight excluding hydrogens is 311 g/mol. The molecule has 2 aromatic carbocycles. The van der Waals surface area contributed by atoms with Gasteiger partial charge in [-0.25, -0.2) is 0 Å². The van der Waals surface area contributed by atoms with E-state index in [2.05, 4.69) is 5.32 Å². The van der Waals surface area contributed by atoms with Gasteiger partial charge < -0.3 is 5.32 Å². The lowest BCUT2D eigenvalue weighted by atomic mass is 10.1. The molecular formula is C16H14F3NOS. The van der Waals surface area contributed by atoms with Crippen molar-refractivity contribution in [1.82, 2.24) is 0 Å². The summed E-state index contributed by atoms with van der Waals surface area (Å²) in [6.45, 7) is 1.96. The highest BCUT2D eigenvalue weighted by Crippen LogP contribution is 2.31. The minimum atomic E-state index is -4.43. The number of rotatable bonds is 4. The highest BCUT2D eigenvalue weighted by molar-refractivity contribution is 7.99. The second-order valence-corrected chi connectivity index (χ2v) is 5.77. The van der Waals surface area contributed by atoms with E-state index in [4.69, 9.17) is 0 Å². The van der Waals surface area contributed by atoms with E-state index in [0.717, 1.165) is 22.8 Å². The van der Waals surface area contributed by atoms with Crippen molar-refractivity contribution in [2.45, 2.75) is 18.0 Å². The van der Waals surface area contributed by atoms with Crippen molar-refractivity contribution >= 4 is 23.4 Å². The highest BCUT2D eigenvalue weighted by atomic mass is 32.2. The third-order valence-electron chi connectivity index (χ3n) is 2.88. The van der Waals surface area contributed by atoms with Gasteiger partial charge in [-0.3, -0.25) is 4.79 Å². The molecule has 0 heterocycles. The van der Waals surface area contributed by atoms with Crippen molar-refractivity contribution < 1.29 is 18.0 Å². The van der Waals surface area contributed by atoms with Crippen molar-refractivity contribution in [1.29, 1.82) is 0 Å². The molecule has 2 aromatic rings. The summed E-state index contributed by atoms with van der Waals surface area (Å²) in [6.07, 6.45) is -4.43. The number of halogens is 3. The van der Waals surface area contributed by atoms with Crippen LogP contribution in [0.5, 0.6) is 0 Å². The van der Waals surface area contributed by atoms with Crippen LogP contribution in [0, 0.1) is 0 Å². The number of hydrogen-bond donors (Lipinski definition) is 1. The Kier molecular flexibility index (Phi) is 5.13. The molecule has 22 heavy (non-hydrogen) atoms. The third-order valence-corrected chi connectivity index (χ3v) is 3.83. The Labute approximate surface area is 130 Å². The SMILES string of the molecule is CCSc1ccccc1C(=O)Nc1cccc(C(F)(F)F)c1. The molecule has 116 valence electrons. The first-order valence-electron chi connectivity index (χ1n) is 6.62. The zero-order valence-corrected chi connectivity index (χ0v) is 12.6. The van der Waals surface area contributed by atoms with E-state index in [0.29, 0.717) is 5.56 Å². The maximum absolute atomic E-state index is 12.7. The number of carbonyl (C=O) groups is 1. The monoisotopic (exact) mass is 325 g/mol. The number of nitrogens with one attached hydrogen (secondary N) is 1. The average molecular weight is 325 g/mol. The molecule has 0 saturated heterocycles. The first kappa shape index (κ1) is 16.4. The number of amides is 1. The zero-order valence-electron chi connectivity index (χ0n) is 11.8. The summed E-state index contributed by atoms with van der Waals surface area (Å²) in [5.74, 6) is 0.379. The van der Waals surface area contributed by atoms with Crippen LogP contribution in [0.15, 0.2) is 53.4 Å². The molecule has 6 heteroatoms. The fourth-order valence-corrected chi connectivity index (χ4v) is 2.71. The Morgan fingerprint density at radius 1 is 1.14 bits per heavy atom. The van der Waals surface area contributed by atoms with E-state index in [1.165, 1.54) is 23.9 Å². The first-order valence-corrected chi connectivity index (χ1v) is 7.61. The van der Waals surface area contributed by atoms with Crippen LogP contribution >= 0.6 is 11.8 Å². The molecule has 0 bridgehead atoms. The van der Waals surface area contributed by atoms with E-state index in [1.54, 1.807) is 12.1 Å². The second kappa shape index (κ2) is 6.87. The molecule has 0 aromatic heterocycles. The zero-order chi connectivity index (χ0) is 16.2. The molecule has 1 N–H and O–H groups in total. The molecule has 0 aliphatic heterocycles. The molecule has 0 atom stereocenters. The second-order valence-electron chi connectivity index (χ2n) is 4.46. The van der Waals surface area contributed by atoms with Crippen molar-refractivity contribution in [3.8, 4) is 0 Å². The largest absolute Gasteiger partial charge is 0.416 e. The molecule has 2 nitrogen and oxygen atoms in total. The molecule has 0 aliphatic carbocycles. The van der Waals surface area contributed by atoms with Gasteiger partial charge in [-0.05, 0) is 36.1 Å². The molecule has 0 spiro atoms. The standard InChI is InChI=1S/C16H14F3NOS/c1-2-22-14-9-4-3-8-13(14)15(21)20-12-7-5-6-11(10-12)16(17,18)19/h3-10H,2H2,1H3,(H,20,21).